The van der Waals surface area contributed by atoms with Crippen LogP contribution in [-0.2, 0) is 4.79 Å². The second-order valence-electron chi connectivity index (χ2n) is 8.92. The van der Waals surface area contributed by atoms with Crippen LogP contribution in [0.25, 0.3) is 10.6 Å². The number of carbonyl (C=O) groups excluding carboxylic acids is 1. The molecule has 0 saturated heterocycles. The molecule has 1 N–H and O–H groups in total. The molecule has 0 aliphatic heterocycles. The van der Waals surface area contributed by atoms with Gasteiger partial charge in [0.25, 0.3) is 0 Å². The van der Waals surface area contributed by atoms with Gasteiger partial charge in [-0.25, -0.2) is 0 Å². The van der Waals surface area contributed by atoms with E-state index >= 15 is 0 Å². The van der Waals surface area contributed by atoms with Gasteiger partial charge in [-0.3, -0.25) is 4.79 Å². The van der Waals surface area contributed by atoms with Gasteiger partial charge in [-0.05, 0) is 68.6 Å². The van der Waals surface area contributed by atoms with Crippen LogP contribution in [0.5, 0.6) is 0 Å². The minimum atomic E-state index is 0.124. The molecule has 4 fully saturated rings. The molecule has 0 atom stereocenters. The van der Waals surface area contributed by atoms with Gasteiger partial charge in [-0.1, -0.05) is 41.2 Å². The molecule has 0 unspecified atom stereocenters. The first kappa shape index (κ1) is 16.4. The van der Waals surface area contributed by atoms with Gasteiger partial charge in [-0.2, -0.15) is 0 Å². The number of amides is 1. The van der Waals surface area contributed by atoms with Crippen LogP contribution in [0.2, 0.25) is 0 Å². The first-order valence-electron chi connectivity index (χ1n) is 9.77. The number of nitrogens with zero attached hydrogens (tertiary/aromatic N) is 2. The number of hydrogen-bond donors (Lipinski definition) is 1. The maximum Gasteiger partial charge on any atom is 0.226 e. The number of benzene rings is 1. The lowest BCUT2D eigenvalue weighted by atomic mass is 9.49. The molecule has 5 heteroatoms. The van der Waals surface area contributed by atoms with Crippen LogP contribution in [0.4, 0.5) is 5.13 Å². The molecule has 136 valence electrons. The second kappa shape index (κ2) is 6.15. The van der Waals surface area contributed by atoms with Crippen LogP contribution in [0, 0.1) is 30.1 Å². The largest absolute Gasteiger partial charge is 0.301 e. The van der Waals surface area contributed by atoms with E-state index in [1.807, 2.05) is 0 Å². The Morgan fingerprint density at radius 3 is 2.31 bits per heavy atom. The number of nitrogens with one attached hydrogen (secondary N) is 1. The maximum atomic E-state index is 12.7. The topological polar surface area (TPSA) is 54.9 Å². The average Bonchev–Trinajstić information content (AvgIpc) is 3.02. The van der Waals surface area contributed by atoms with Gasteiger partial charge in [0.15, 0.2) is 0 Å². The minimum absolute atomic E-state index is 0.124. The Kier molecular flexibility index (Phi) is 3.89. The standard InChI is InChI=1S/C21H25N3OS/c1-13-2-4-17(5-3-13)19-23-24-20(26-19)22-18(25)12-21-9-14-6-15(10-21)8-16(7-14)11-21/h2-5,14-16H,6-12H2,1H3,(H,22,24,25). The van der Waals surface area contributed by atoms with E-state index in [-0.39, 0.29) is 11.3 Å². The Morgan fingerprint density at radius 1 is 1.08 bits per heavy atom. The molecule has 4 nitrogen and oxygen atoms in total. The highest BCUT2D eigenvalue weighted by Crippen LogP contribution is 2.61. The normalized spacial score (nSPS) is 32.0. The molecule has 1 aromatic carbocycles. The van der Waals surface area contributed by atoms with Gasteiger partial charge in [-0.15, -0.1) is 10.2 Å². The van der Waals surface area contributed by atoms with Crippen LogP contribution in [0.3, 0.4) is 0 Å². The van der Waals surface area contributed by atoms with Crippen molar-refractivity contribution in [1.29, 1.82) is 0 Å². The molecule has 4 saturated carbocycles. The molecule has 4 bridgehead atoms. The fraction of sp³-hybridized carbons (Fsp3) is 0.571. The van der Waals surface area contributed by atoms with Crippen LogP contribution >= 0.6 is 11.3 Å². The summed E-state index contributed by atoms with van der Waals surface area (Å²) in [7, 11) is 0. The Morgan fingerprint density at radius 2 is 1.69 bits per heavy atom. The van der Waals surface area contributed by atoms with Crippen molar-refractivity contribution < 1.29 is 4.79 Å². The first-order chi connectivity index (χ1) is 12.6. The zero-order valence-electron chi connectivity index (χ0n) is 15.2. The molecular formula is C21H25N3OS. The smallest absolute Gasteiger partial charge is 0.226 e. The molecule has 6 rings (SSSR count). The highest BCUT2D eigenvalue weighted by atomic mass is 32.1. The highest BCUT2D eigenvalue weighted by Gasteiger charge is 2.51. The molecule has 1 aromatic heterocycles. The average molecular weight is 368 g/mol. The Bertz CT molecular complexity index is 791. The van der Waals surface area contributed by atoms with Crippen LogP contribution in [0.15, 0.2) is 24.3 Å². The van der Waals surface area contributed by atoms with E-state index in [9.17, 15) is 4.79 Å². The number of carbonyl (C=O) groups is 1. The SMILES string of the molecule is Cc1ccc(-c2nnc(NC(=O)CC34CC5CC(CC(C5)C3)C4)s2)cc1. The van der Waals surface area contributed by atoms with Crippen molar-refractivity contribution in [3.63, 3.8) is 0 Å². The van der Waals surface area contributed by atoms with E-state index in [4.69, 9.17) is 0 Å². The van der Waals surface area contributed by atoms with Crippen LogP contribution in [0.1, 0.15) is 50.5 Å². The van der Waals surface area contributed by atoms with Crippen molar-refractivity contribution in [3.05, 3.63) is 29.8 Å². The molecule has 26 heavy (non-hydrogen) atoms. The summed E-state index contributed by atoms with van der Waals surface area (Å²) in [6.45, 7) is 2.07. The predicted octanol–water partition coefficient (Wildman–Crippen LogP) is 5.06. The van der Waals surface area contributed by atoms with Gasteiger partial charge >= 0.3 is 0 Å². The summed E-state index contributed by atoms with van der Waals surface area (Å²) in [4.78, 5) is 12.7. The predicted molar refractivity (Wildman–Crippen MR) is 104 cm³/mol. The number of hydrogen-bond acceptors (Lipinski definition) is 4. The summed E-state index contributed by atoms with van der Waals surface area (Å²) >= 11 is 1.46. The van der Waals surface area contributed by atoms with Crippen molar-refractivity contribution in [2.75, 3.05) is 5.32 Å². The van der Waals surface area contributed by atoms with Crippen molar-refractivity contribution in [1.82, 2.24) is 10.2 Å². The van der Waals surface area contributed by atoms with E-state index < -0.39 is 0 Å². The summed E-state index contributed by atoms with van der Waals surface area (Å²) in [6.07, 6.45) is 8.69. The Hall–Kier alpha value is -1.75. The minimum Gasteiger partial charge on any atom is -0.301 e. The Balaban J connectivity index is 1.26. The molecular weight excluding hydrogens is 342 g/mol. The number of aromatic nitrogens is 2. The van der Waals surface area contributed by atoms with E-state index in [0.717, 1.165) is 28.3 Å². The van der Waals surface area contributed by atoms with Crippen molar-refractivity contribution >= 4 is 22.4 Å². The van der Waals surface area contributed by atoms with Crippen molar-refractivity contribution in [3.8, 4) is 10.6 Å². The van der Waals surface area contributed by atoms with Gasteiger partial charge in [0, 0.05) is 12.0 Å². The summed E-state index contributed by atoms with van der Waals surface area (Å²) in [6, 6.07) is 8.25. The third-order valence-electron chi connectivity index (χ3n) is 6.67. The highest BCUT2D eigenvalue weighted by molar-refractivity contribution is 7.18. The van der Waals surface area contributed by atoms with E-state index in [1.165, 1.54) is 55.4 Å². The van der Waals surface area contributed by atoms with Crippen LogP contribution < -0.4 is 5.32 Å². The third kappa shape index (κ3) is 3.07. The number of aryl methyl sites for hydroxylation is 1. The first-order valence-corrected chi connectivity index (χ1v) is 10.6. The molecule has 4 aliphatic rings. The summed E-state index contributed by atoms with van der Waals surface area (Å²) in [5, 5.41) is 12.9. The van der Waals surface area contributed by atoms with Gasteiger partial charge < -0.3 is 5.32 Å². The molecule has 1 amide bonds. The fourth-order valence-corrected chi connectivity index (χ4v) is 6.86. The lowest BCUT2D eigenvalue weighted by Crippen LogP contribution is -2.47. The monoisotopic (exact) mass is 367 g/mol. The van der Waals surface area contributed by atoms with Gasteiger partial charge in [0.1, 0.15) is 5.01 Å². The second-order valence-corrected chi connectivity index (χ2v) is 9.90. The molecule has 4 aliphatic carbocycles. The van der Waals surface area contributed by atoms with E-state index in [0.29, 0.717) is 11.6 Å². The van der Waals surface area contributed by atoms with Gasteiger partial charge in [0.2, 0.25) is 11.0 Å². The quantitative estimate of drug-likeness (QED) is 0.822. The van der Waals surface area contributed by atoms with Crippen LogP contribution in [-0.4, -0.2) is 16.1 Å². The van der Waals surface area contributed by atoms with Crippen molar-refractivity contribution in [2.45, 2.75) is 51.9 Å². The Labute approximate surface area is 158 Å². The third-order valence-corrected chi connectivity index (χ3v) is 7.56. The molecule has 0 spiro atoms. The van der Waals surface area contributed by atoms with Crippen molar-refractivity contribution in [2.24, 2.45) is 23.2 Å². The zero-order valence-corrected chi connectivity index (χ0v) is 16.0. The molecule has 0 radical (unpaired) electrons. The lowest BCUT2D eigenvalue weighted by molar-refractivity contribution is -0.124. The lowest BCUT2D eigenvalue weighted by Gasteiger charge is -2.56. The summed E-state index contributed by atoms with van der Waals surface area (Å²) < 4.78 is 0. The zero-order chi connectivity index (χ0) is 17.7. The maximum absolute atomic E-state index is 12.7. The van der Waals surface area contributed by atoms with E-state index in [2.05, 4.69) is 46.7 Å². The summed E-state index contributed by atoms with van der Waals surface area (Å²) in [5.41, 5.74) is 2.54. The van der Waals surface area contributed by atoms with E-state index in [1.54, 1.807) is 0 Å². The number of rotatable bonds is 4. The van der Waals surface area contributed by atoms with Gasteiger partial charge in [0.05, 0.1) is 0 Å². The summed E-state index contributed by atoms with van der Waals surface area (Å²) in [5.74, 6) is 2.76. The fourth-order valence-electron chi connectivity index (χ4n) is 6.10. The molecule has 1 heterocycles. The molecule has 2 aromatic rings. The number of anilines is 1.